The molecule has 0 saturated heterocycles. The second kappa shape index (κ2) is 7.44. The monoisotopic (exact) mass is 340 g/mol. The summed E-state index contributed by atoms with van der Waals surface area (Å²) in [6, 6.07) is 6.15. The molecule has 0 aliphatic carbocycles. The summed E-state index contributed by atoms with van der Waals surface area (Å²) in [5.41, 5.74) is 0.337. The first-order chi connectivity index (χ1) is 8.74. The molecule has 1 amide bonds. The highest BCUT2D eigenvalue weighted by Gasteiger charge is 2.19. The third-order valence-corrected chi connectivity index (χ3v) is 2.88. The first-order valence-corrected chi connectivity index (χ1v) is 6.98. The number of nitrogens with one attached hydrogen (secondary N) is 1. The summed E-state index contributed by atoms with van der Waals surface area (Å²) in [5, 5.41) is 5.33. The highest BCUT2D eigenvalue weighted by molar-refractivity contribution is 7.87. The van der Waals surface area contributed by atoms with Crippen LogP contribution in [0.5, 0.6) is 0 Å². The second-order valence-electron chi connectivity index (χ2n) is 3.57. The number of amides is 1. The fraction of sp³-hybridized carbons (Fsp3) is 0.200. The van der Waals surface area contributed by atoms with Gasteiger partial charge in [0.2, 0.25) is 5.96 Å². The molecular weight excluding hydrogens is 327 g/mol. The Hall–Kier alpha value is -1.35. The average Bonchev–Trinajstić information content (AvgIpc) is 2.34. The highest BCUT2D eigenvalue weighted by atomic mass is 35.5. The second-order valence-corrected chi connectivity index (χ2v) is 5.30. The number of guanidine groups is 1. The lowest BCUT2D eigenvalue weighted by molar-refractivity contribution is 0.0868. The van der Waals surface area contributed by atoms with Crippen LogP contribution >= 0.6 is 24.0 Å². The zero-order chi connectivity index (χ0) is 14.6. The lowest BCUT2D eigenvalue weighted by Gasteiger charge is -2.19. The minimum atomic E-state index is -4.00. The van der Waals surface area contributed by atoms with Crippen molar-refractivity contribution in [2.24, 2.45) is 10.1 Å². The van der Waals surface area contributed by atoms with E-state index in [0.29, 0.717) is 10.6 Å². The number of hydrogen-bond acceptors (Lipinski definition) is 4. The van der Waals surface area contributed by atoms with Gasteiger partial charge in [0.1, 0.15) is 0 Å². The zero-order valence-corrected chi connectivity index (χ0v) is 13.1. The van der Waals surface area contributed by atoms with Crippen LogP contribution in [-0.2, 0) is 10.2 Å². The van der Waals surface area contributed by atoms with Crippen LogP contribution in [0.25, 0.3) is 0 Å². The van der Waals surface area contributed by atoms with Gasteiger partial charge in [-0.15, -0.1) is 12.4 Å². The highest BCUT2D eigenvalue weighted by Crippen LogP contribution is 2.11. The van der Waals surface area contributed by atoms with Gasteiger partial charge in [-0.05, 0) is 24.3 Å². The van der Waals surface area contributed by atoms with Gasteiger partial charge in [-0.2, -0.15) is 8.42 Å². The lowest BCUT2D eigenvalue weighted by atomic mass is 10.2. The predicted octanol–water partition coefficient (Wildman–Crippen LogP) is 0.613. The molecular formula is C10H14Cl2N4O3S. The molecule has 0 radical (unpaired) electrons. The van der Waals surface area contributed by atoms with E-state index in [4.69, 9.17) is 16.7 Å². The molecule has 0 bridgehead atoms. The van der Waals surface area contributed by atoms with Crippen molar-refractivity contribution in [2.45, 2.75) is 0 Å². The Kier molecular flexibility index (Phi) is 6.94. The van der Waals surface area contributed by atoms with Gasteiger partial charge >= 0.3 is 0 Å². The first-order valence-electron chi connectivity index (χ1n) is 5.05. The van der Waals surface area contributed by atoms with Gasteiger partial charge < -0.3 is 0 Å². The molecule has 112 valence electrons. The summed E-state index contributed by atoms with van der Waals surface area (Å²) in [4.78, 5) is 16.8. The summed E-state index contributed by atoms with van der Waals surface area (Å²) in [6.07, 6.45) is 0. The van der Waals surface area contributed by atoms with Crippen LogP contribution in [0.4, 0.5) is 0 Å². The Morgan fingerprint density at radius 3 is 2.25 bits per heavy atom. The van der Waals surface area contributed by atoms with Crippen molar-refractivity contribution in [3.63, 3.8) is 0 Å². The number of nitrogens with zero attached hydrogens (tertiary/aromatic N) is 2. The molecule has 0 unspecified atom stereocenters. The largest absolute Gasteiger partial charge is 0.298 e. The Morgan fingerprint density at radius 2 is 1.85 bits per heavy atom. The van der Waals surface area contributed by atoms with E-state index in [0.717, 1.165) is 4.90 Å². The van der Waals surface area contributed by atoms with Gasteiger partial charge in [-0.3, -0.25) is 14.7 Å². The molecule has 0 fully saturated rings. The van der Waals surface area contributed by atoms with Crippen molar-refractivity contribution in [2.75, 3.05) is 14.1 Å². The van der Waals surface area contributed by atoms with Crippen molar-refractivity contribution in [1.82, 2.24) is 9.62 Å². The number of carbonyl (C=O) groups excluding carboxylic acids is 1. The van der Waals surface area contributed by atoms with E-state index >= 15 is 0 Å². The zero-order valence-electron chi connectivity index (χ0n) is 10.7. The topological polar surface area (TPSA) is 105 Å². The number of halogens is 2. The van der Waals surface area contributed by atoms with E-state index in [1.54, 1.807) is 12.1 Å². The van der Waals surface area contributed by atoms with Crippen LogP contribution in [0.1, 0.15) is 10.4 Å². The van der Waals surface area contributed by atoms with Crippen molar-refractivity contribution < 1.29 is 13.2 Å². The average molecular weight is 341 g/mol. The lowest BCUT2D eigenvalue weighted by Crippen LogP contribution is -2.47. The van der Waals surface area contributed by atoms with E-state index in [1.165, 1.54) is 26.2 Å². The summed E-state index contributed by atoms with van der Waals surface area (Å²) >= 11 is 5.72. The number of rotatable bonds is 2. The Bertz CT molecular complexity index is 601. The van der Waals surface area contributed by atoms with Crippen LogP contribution in [-0.4, -0.2) is 39.3 Å². The molecule has 1 aromatic carbocycles. The fourth-order valence-corrected chi connectivity index (χ4v) is 1.88. The molecule has 0 aliphatic heterocycles. The van der Waals surface area contributed by atoms with Gasteiger partial charge in [0, 0.05) is 24.7 Å². The van der Waals surface area contributed by atoms with Crippen molar-refractivity contribution in [1.29, 1.82) is 0 Å². The van der Waals surface area contributed by atoms with Gasteiger partial charge in [0.25, 0.3) is 16.1 Å². The van der Waals surface area contributed by atoms with Gasteiger partial charge in [-0.25, -0.2) is 9.86 Å². The van der Waals surface area contributed by atoms with Crippen molar-refractivity contribution >= 4 is 46.1 Å². The van der Waals surface area contributed by atoms with Crippen LogP contribution in [0.3, 0.4) is 0 Å². The van der Waals surface area contributed by atoms with Crippen LogP contribution in [0.2, 0.25) is 5.02 Å². The third kappa shape index (κ3) is 5.33. The number of nitrogens with two attached hydrogens (primary N) is 1. The van der Waals surface area contributed by atoms with Gasteiger partial charge in [0.05, 0.1) is 0 Å². The predicted molar refractivity (Wildman–Crippen MR) is 80.4 cm³/mol. The van der Waals surface area contributed by atoms with E-state index in [1.807, 2.05) is 4.72 Å². The molecule has 20 heavy (non-hydrogen) atoms. The molecule has 0 spiro atoms. The van der Waals surface area contributed by atoms with E-state index in [9.17, 15) is 13.2 Å². The molecule has 1 rings (SSSR count). The van der Waals surface area contributed by atoms with E-state index in [-0.39, 0.29) is 18.4 Å². The minimum absolute atomic E-state index is 0. The third-order valence-electron chi connectivity index (χ3n) is 2.16. The Balaban J connectivity index is 0.00000361. The number of benzene rings is 1. The summed E-state index contributed by atoms with van der Waals surface area (Å²) < 4.78 is 23.8. The maximum Gasteiger partial charge on any atom is 0.298 e. The number of hydrogen-bond donors (Lipinski definition) is 2. The molecule has 0 aromatic heterocycles. The van der Waals surface area contributed by atoms with E-state index < -0.39 is 16.1 Å². The van der Waals surface area contributed by atoms with Gasteiger partial charge in [-0.1, -0.05) is 11.6 Å². The van der Waals surface area contributed by atoms with Crippen LogP contribution < -0.4 is 9.86 Å². The smallest absolute Gasteiger partial charge is 0.281 e. The molecule has 3 N–H and O–H groups in total. The quantitative estimate of drug-likeness (QED) is 0.608. The molecule has 0 aliphatic rings. The summed E-state index contributed by atoms with van der Waals surface area (Å²) in [5.74, 6) is -0.629. The molecule has 7 nitrogen and oxygen atoms in total. The molecule has 10 heteroatoms. The van der Waals surface area contributed by atoms with Crippen LogP contribution in [0.15, 0.2) is 29.3 Å². The van der Waals surface area contributed by atoms with Gasteiger partial charge in [0.15, 0.2) is 0 Å². The molecule has 0 atom stereocenters. The normalized spacial score (nSPS) is 11.5. The number of carbonyl (C=O) groups is 1. The summed E-state index contributed by atoms with van der Waals surface area (Å²) in [6.45, 7) is 0. The standard InChI is InChI=1S/C10H13ClN4O3S.ClH/c1-13-10(14-19(12,17)18)15(2)9(16)7-3-5-8(11)6-4-7;/h3-6H,1-2H3,(H,13,14)(H2,12,17,18);1H. The van der Waals surface area contributed by atoms with E-state index in [2.05, 4.69) is 4.99 Å². The Labute approximate surface area is 128 Å². The Morgan fingerprint density at radius 1 is 1.35 bits per heavy atom. The van der Waals surface area contributed by atoms with Crippen molar-refractivity contribution in [3.05, 3.63) is 34.9 Å². The molecule has 1 aromatic rings. The SMILES string of the molecule is CN=C(NS(N)(=O)=O)N(C)C(=O)c1ccc(Cl)cc1.Cl. The molecule has 0 heterocycles. The maximum absolute atomic E-state index is 12.1. The first kappa shape index (κ1) is 18.7. The summed E-state index contributed by atoms with van der Waals surface area (Å²) in [7, 11) is -1.29. The fourth-order valence-electron chi connectivity index (χ4n) is 1.27. The van der Waals surface area contributed by atoms with Crippen molar-refractivity contribution in [3.8, 4) is 0 Å². The minimum Gasteiger partial charge on any atom is -0.281 e. The van der Waals surface area contributed by atoms with Crippen LogP contribution in [0, 0.1) is 0 Å². The molecule has 0 saturated carbocycles. The maximum atomic E-state index is 12.1. The number of aliphatic imine (C=N–C) groups is 1.